The van der Waals surface area contributed by atoms with Gasteiger partial charge in [-0.3, -0.25) is 4.79 Å². The van der Waals surface area contributed by atoms with Crippen molar-refractivity contribution in [1.29, 1.82) is 0 Å². The molecule has 2 aliphatic rings. The van der Waals surface area contributed by atoms with Crippen molar-refractivity contribution in [2.24, 2.45) is 11.8 Å². The number of methoxy groups -OCH3 is 1. The van der Waals surface area contributed by atoms with Crippen LogP contribution in [0.2, 0.25) is 0 Å². The van der Waals surface area contributed by atoms with Crippen LogP contribution in [0.15, 0.2) is 24.3 Å². The van der Waals surface area contributed by atoms with Crippen molar-refractivity contribution in [3.63, 3.8) is 0 Å². The smallest absolute Gasteiger partial charge is 0.227 e. The molecule has 1 aromatic carbocycles. The lowest BCUT2D eigenvalue weighted by Crippen LogP contribution is -2.41. The van der Waals surface area contributed by atoms with Crippen LogP contribution in [-0.4, -0.2) is 69.3 Å². The SMILES string of the molecule is COc1ccc(CCN2CCC(CN(C)C(=O)[C@H]3CCOC3)CC2)cc1. The molecule has 0 unspecified atom stereocenters. The van der Waals surface area contributed by atoms with E-state index in [4.69, 9.17) is 9.47 Å². The van der Waals surface area contributed by atoms with Crippen LogP contribution in [0.3, 0.4) is 0 Å². The van der Waals surface area contributed by atoms with E-state index in [1.54, 1.807) is 7.11 Å². The fourth-order valence-electron chi connectivity index (χ4n) is 3.99. The minimum Gasteiger partial charge on any atom is -0.497 e. The van der Waals surface area contributed by atoms with Crippen molar-refractivity contribution in [3.05, 3.63) is 29.8 Å². The van der Waals surface area contributed by atoms with E-state index in [-0.39, 0.29) is 11.8 Å². The van der Waals surface area contributed by atoms with Gasteiger partial charge in [-0.05, 0) is 62.4 Å². The zero-order valence-electron chi connectivity index (χ0n) is 16.2. The minimum atomic E-state index is 0.0876. The monoisotopic (exact) mass is 360 g/mol. The number of nitrogens with zero attached hydrogens (tertiary/aromatic N) is 2. The summed E-state index contributed by atoms with van der Waals surface area (Å²) in [6.07, 6.45) is 4.32. The fraction of sp³-hybridized carbons (Fsp3) is 0.667. The molecule has 1 amide bonds. The lowest BCUT2D eigenvalue weighted by molar-refractivity contribution is -0.134. The number of ether oxygens (including phenoxy) is 2. The summed E-state index contributed by atoms with van der Waals surface area (Å²) in [5, 5.41) is 0. The lowest BCUT2D eigenvalue weighted by Gasteiger charge is -2.34. The highest BCUT2D eigenvalue weighted by Crippen LogP contribution is 2.21. The number of carbonyl (C=O) groups excluding carboxylic acids is 1. The van der Waals surface area contributed by atoms with Crippen LogP contribution in [0.1, 0.15) is 24.8 Å². The highest BCUT2D eigenvalue weighted by molar-refractivity contribution is 5.78. The second-order valence-electron chi connectivity index (χ2n) is 7.66. The Balaban J connectivity index is 1.36. The second kappa shape index (κ2) is 9.38. The predicted octanol–water partition coefficient (Wildman–Crippen LogP) is 2.44. The molecule has 0 bridgehead atoms. The molecule has 0 radical (unpaired) electrons. The zero-order valence-corrected chi connectivity index (χ0v) is 16.2. The molecular weight excluding hydrogens is 328 g/mol. The van der Waals surface area contributed by atoms with Gasteiger partial charge in [0.2, 0.25) is 5.91 Å². The van der Waals surface area contributed by atoms with Crippen molar-refractivity contribution in [2.75, 3.05) is 53.6 Å². The Kier molecular flexibility index (Phi) is 6.92. The fourth-order valence-corrected chi connectivity index (χ4v) is 3.99. The van der Waals surface area contributed by atoms with Crippen molar-refractivity contribution in [3.8, 4) is 5.75 Å². The maximum absolute atomic E-state index is 12.4. The van der Waals surface area contributed by atoms with Gasteiger partial charge in [-0.1, -0.05) is 12.1 Å². The van der Waals surface area contributed by atoms with Crippen LogP contribution in [0, 0.1) is 11.8 Å². The first-order valence-electron chi connectivity index (χ1n) is 9.83. The molecule has 2 heterocycles. The molecule has 2 saturated heterocycles. The van der Waals surface area contributed by atoms with Crippen LogP contribution in [0.5, 0.6) is 5.75 Å². The summed E-state index contributed by atoms with van der Waals surface area (Å²) in [5.74, 6) is 1.90. The van der Waals surface area contributed by atoms with E-state index < -0.39 is 0 Å². The molecule has 0 N–H and O–H groups in total. The molecule has 0 aromatic heterocycles. The molecule has 5 nitrogen and oxygen atoms in total. The van der Waals surface area contributed by atoms with Gasteiger partial charge in [0.1, 0.15) is 5.75 Å². The van der Waals surface area contributed by atoms with Crippen LogP contribution >= 0.6 is 0 Å². The van der Waals surface area contributed by atoms with Gasteiger partial charge >= 0.3 is 0 Å². The molecule has 144 valence electrons. The summed E-state index contributed by atoms with van der Waals surface area (Å²) in [7, 11) is 3.66. The molecule has 2 fully saturated rings. The summed E-state index contributed by atoms with van der Waals surface area (Å²) < 4.78 is 10.6. The molecule has 1 atom stereocenters. The number of hydrogen-bond donors (Lipinski definition) is 0. The number of piperidine rings is 1. The summed E-state index contributed by atoms with van der Waals surface area (Å²) in [6, 6.07) is 8.37. The molecule has 26 heavy (non-hydrogen) atoms. The lowest BCUT2D eigenvalue weighted by atomic mass is 9.95. The molecule has 0 saturated carbocycles. The summed E-state index contributed by atoms with van der Waals surface area (Å²) in [4.78, 5) is 16.9. The highest BCUT2D eigenvalue weighted by atomic mass is 16.5. The van der Waals surface area contributed by atoms with Crippen LogP contribution in [0.25, 0.3) is 0 Å². The first-order chi connectivity index (χ1) is 12.7. The van der Waals surface area contributed by atoms with Gasteiger partial charge in [-0.2, -0.15) is 0 Å². The van der Waals surface area contributed by atoms with E-state index in [1.165, 1.54) is 18.4 Å². The standard InChI is InChI=1S/C21H32N2O3/c1-22(21(24)19-10-14-26-16-19)15-18-8-12-23(13-9-18)11-7-17-3-5-20(25-2)6-4-17/h3-6,18-19H,7-16H2,1-2H3/t19-/m0/s1. The minimum absolute atomic E-state index is 0.0876. The Morgan fingerprint density at radius 1 is 1.23 bits per heavy atom. The third-order valence-corrected chi connectivity index (χ3v) is 5.77. The van der Waals surface area contributed by atoms with Gasteiger partial charge in [0, 0.05) is 26.7 Å². The van der Waals surface area contributed by atoms with E-state index in [1.807, 2.05) is 24.1 Å². The maximum atomic E-state index is 12.4. The summed E-state index contributed by atoms with van der Waals surface area (Å²) >= 11 is 0. The third-order valence-electron chi connectivity index (χ3n) is 5.77. The van der Waals surface area contributed by atoms with E-state index in [0.717, 1.165) is 51.4 Å². The van der Waals surface area contributed by atoms with E-state index >= 15 is 0 Å². The number of rotatable bonds is 7. The average Bonchev–Trinajstić information content (AvgIpc) is 3.22. The number of hydrogen-bond acceptors (Lipinski definition) is 4. The Morgan fingerprint density at radius 2 is 1.96 bits per heavy atom. The van der Waals surface area contributed by atoms with E-state index in [9.17, 15) is 4.79 Å². The number of benzene rings is 1. The van der Waals surface area contributed by atoms with Crippen LogP contribution in [-0.2, 0) is 16.0 Å². The van der Waals surface area contributed by atoms with Gasteiger partial charge in [0.05, 0.1) is 19.6 Å². The predicted molar refractivity (Wildman–Crippen MR) is 102 cm³/mol. The highest BCUT2D eigenvalue weighted by Gasteiger charge is 2.28. The molecule has 5 heteroatoms. The number of likely N-dealkylation sites (tertiary alicyclic amines) is 1. The zero-order chi connectivity index (χ0) is 18.4. The van der Waals surface area contributed by atoms with Crippen molar-refractivity contribution >= 4 is 5.91 Å². The molecule has 1 aromatic rings. The molecule has 3 rings (SSSR count). The van der Waals surface area contributed by atoms with E-state index in [2.05, 4.69) is 17.0 Å². The first-order valence-corrected chi connectivity index (χ1v) is 9.83. The Bertz CT molecular complexity index is 561. The summed E-state index contributed by atoms with van der Waals surface area (Å²) in [6.45, 7) is 5.60. The van der Waals surface area contributed by atoms with Crippen LogP contribution in [0.4, 0.5) is 0 Å². The van der Waals surface area contributed by atoms with Gasteiger partial charge in [-0.25, -0.2) is 0 Å². The quantitative estimate of drug-likeness (QED) is 0.749. The van der Waals surface area contributed by atoms with Gasteiger partial charge in [0.15, 0.2) is 0 Å². The number of carbonyl (C=O) groups is 1. The second-order valence-corrected chi connectivity index (χ2v) is 7.66. The largest absolute Gasteiger partial charge is 0.497 e. The van der Waals surface area contributed by atoms with Crippen LogP contribution < -0.4 is 4.74 Å². The Hall–Kier alpha value is -1.59. The first kappa shape index (κ1) is 19.2. The molecule has 0 aliphatic carbocycles. The van der Waals surface area contributed by atoms with Gasteiger partial charge in [-0.15, -0.1) is 0 Å². The summed E-state index contributed by atoms with van der Waals surface area (Å²) in [5.41, 5.74) is 1.36. The van der Waals surface area contributed by atoms with Gasteiger partial charge in [0.25, 0.3) is 0 Å². The van der Waals surface area contributed by atoms with E-state index in [0.29, 0.717) is 12.5 Å². The number of amides is 1. The molecule has 0 spiro atoms. The van der Waals surface area contributed by atoms with Crippen molar-refractivity contribution in [2.45, 2.75) is 25.7 Å². The van der Waals surface area contributed by atoms with Crippen molar-refractivity contribution < 1.29 is 14.3 Å². The maximum Gasteiger partial charge on any atom is 0.227 e. The van der Waals surface area contributed by atoms with Gasteiger partial charge < -0.3 is 19.3 Å². The third kappa shape index (κ3) is 5.21. The normalized spacial score (nSPS) is 21.7. The van der Waals surface area contributed by atoms with Crippen molar-refractivity contribution in [1.82, 2.24) is 9.80 Å². The Labute approximate surface area is 157 Å². The molecule has 2 aliphatic heterocycles. The Morgan fingerprint density at radius 3 is 2.58 bits per heavy atom. The topological polar surface area (TPSA) is 42.0 Å². The average molecular weight is 360 g/mol. The molecular formula is C21H32N2O3.